The fraction of sp³-hybridized carbons (Fsp3) is 0.556. The van der Waals surface area contributed by atoms with Gasteiger partial charge >= 0.3 is 5.97 Å². The molecule has 1 saturated heterocycles. The first kappa shape index (κ1) is 9.05. The summed E-state index contributed by atoms with van der Waals surface area (Å²) >= 11 is 0. The maximum atomic E-state index is 10.6. The summed E-state index contributed by atoms with van der Waals surface area (Å²) in [7, 11) is 0. The van der Waals surface area contributed by atoms with Gasteiger partial charge in [-0.1, -0.05) is 0 Å². The summed E-state index contributed by atoms with van der Waals surface area (Å²) in [5, 5.41) is 15.3. The summed E-state index contributed by atoms with van der Waals surface area (Å²) in [4.78, 5) is 12.7. The Kier molecular flexibility index (Phi) is 2.39. The van der Waals surface area contributed by atoms with E-state index in [1.165, 1.54) is 0 Å². The van der Waals surface area contributed by atoms with Crippen LogP contribution in [0.1, 0.15) is 19.3 Å². The molecule has 5 heteroatoms. The third kappa shape index (κ3) is 1.71. The zero-order chi connectivity index (χ0) is 9.97. The van der Waals surface area contributed by atoms with Crippen LogP contribution in [-0.4, -0.2) is 33.9 Å². The molecule has 0 aliphatic carbocycles. The minimum absolute atomic E-state index is 0.130. The lowest BCUT2D eigenvalue weighted by Gasteiger charge is -2.23. The SMILES string of the molecule is O=C(O)CC1CCCN1c1cn[nH]c1. The van der Waals surface area contributed by atoms with Crippen LogP contribution in [-0.2, 0) is 4.79 Å². The zero-order valence-corrected chi connectivity index (χ0v) is 7.81. The van der Waals surface area contributed by atoms with Crippen molar-refractivity contribution in [3.8, 4) is 0 Å². The molecule has 2 N–H and O–H groups in total. The van der Waals surface area contributed by atoms with Crippen LogP contribution in [0.3, 0.4) is 0 Å². The Balaban J connectivity index is 2.07. The van der Waals surface area contributed by atoms with E-state index in [-0.39, 0.29) is 12.5 Å². The van der Waals surface area contributed by atoms with Gasteiger partial charge in [0.25, 0.3) is 0 Å². The molecule has 2 rings (SSSR count). The third-order valence-electron chi connectivity index (χ3n) is 2.60. The van der Waals surface area contributed by atoms with E-state index in [0.29, 0.717) is 0 Å². The van der Waals surface area contributed by atoms with Crippen molar-refractivity contribution in [2.24, 2.45) is 0 Å². The Morgan fingerprint density at radius 2 is 2.64 bits per heavy atom. The molecule has 14 heavy (non-hydrogen) atoms. The zero-order valence-electron chi connectivity index (χ0n) is 7.81. The first-order valence-electron chi connectivity index (χ1n) is 4.74. The number of H-pyrrole nitrogens is 1. The molecule has 0 saturated carbocycles. The number of hydrogen-bond donors (Lipinski definition) is 2. The molecule has 1 aromatic rings. The van der Waals surface area contributed by atoms with Crippen molar-refractivity contribution in [2.45, 2.75) is 25.3 Å². The van der Waals surface area contributed by atoms with Gasteiger partial charge in [-0.05, 0) is 12.8 Å². The van der Waals surface area contributed by atoms with Gasteiger partial charge in [0.15, 0.2) is 0 Å². The van der Waals surface area contributed by atoms with E-state index in [9.17, 15) is 4.79 Å². The van der Waals surface area contributed by atoms with Gasteiger partial charge in [0, 0.05) is 18.8 Å². The van der Waals surface area contributed by atoms with E-state index in [0.717, 1.165) is 25.1 Å². The quantitative estimate of drug-likeness (QED) is 0.750. The lowest BCUT2D eigenvalue weighted by molar-refractivity contribution is -0.137. The van der Waals surface area contributed by atoms with Crippen LogP contribution in [0.25, 0.3) is 0 Å². The number of nitrogens with one attached hydrogen (secondary N) is 1. The Morgan fingerprint density at radius 3 is 3.29 bits per heavy atom. The minimum atomic E-state index is -0.731. The summed E-state index contributed by atoms with van der Waals surface area (Å²) in [6, 6.07) is 0.130. The first-order valence-corrected chi connectivity index (χ1v) is 4.74. The molecule has 1 fully saturated rings. The number of rotatable bonds is 3. The lowest BCUT2D eigenvalue weighted by atomic mass is 10.1. The van der Waals surface area contributed by atoms with Gasteiger partial charge in [0.05, 0.1) is 18.3 Å². The van der Waals surface area contributed by atoms with Gasteiger partial charge in [-0.3, -0.25) is 9.89 Å². The van der Waals surface area contributed by atoms with Gasteiger partial charge in [0.1, 0.15) is 0 Å². The largest absolute Gasteiger partial charge is 0.481 e. The predicted octanol–water partition coefficient (Wildman–Crippen LogP) is 0.853. The summed E-state index contributed by atoms with van der Waals surface area (Å²) in [5.41, 5.74) is 0.994. The fourth-order valence-corrected chi connectivity index (χ4v) is 1.99. The molecule has 1 aliphatic rings. The third-order valence-corrected chi connectivity index (χ3v) is 2.60. The molecule has 0 bridgehead atoms. The molecular weight excluding hydrogens is 182 g/mol. The minimum Gasteiger partial charge on any atom is -0.481 e. The number of aliphatic carboxylic acids is 1. The van der Waals surface area contributed by atoms with Crippen LogP contribution in [0.4, 0.5) is 5.69 Å². The highest BCUT2D eigenvalue weighted by Crippen LogP contribution is 2.26. The molecule has 76 valence electrons. The summed E-state index contributed by atoms with van der Waals surface area (Å²) in [5.74, 6) is -0.731. The molecule has 0 radical (unpaired) electrons. The highest BCUT2D eigenvalue weighted by atomic mass is 16.4. The number of carbonyl (C=O) groups is 1. The molecular formula is C9H13N3O2. The van der Waals surface area contributed by atoms with Gasteiger partial charge in [-0.25, -0.2) is 0 Å². The van der Waals surface area contributed by atoms with E-state index in [4.69, 9.17) is 5.11 Å². The summed E-state index contributed by atoms with van der Waals surface area (Å²) in [6.07, 6.45) is 5.77. The van der Waals surface area contributed by atoms with Crippen molar-refractivity contribution in [3.63, 3.8) is 0 Å². The highest BCUT2D eigenvalue weighted by molar-refractivity contribution is 5.68. The Bertz CT molecular complexity index is 310. The van der Waals surface area contributed by atoms with E-state index >= 15 is 0 Å². The van der Waals surface area contributed by atoms with Crippen molar-refractivity contribution in [1.29, 1.82) is 0 Å². The number of anilines is 1. The van der Waals surface area contributed by atoms with Crippen LogP contribution < -0.4 is 4.90 Å². The molecule has 0 aromatic carbocycles. The molecule has 1 atom stereocenters. The van der Waals surface area contributed by atoms with E-state index in [1.54, 1.807) is 12.4 Å². The molecule has 5 nitrogen and oxygen atoms in total. The second-order valence-electron chi connectivity index (χ2n) is 3.54. The van der Waals surface area contributed by atoms with Crippen molar-refractivity contribution in [1.82, 2.24) is 10.2 Å². The lowest BCUT2D eigenvalue weighted by Crippen LogP contribution is -2.30. The van der Waals surface area contributed by atoms with Gasteiger partial charge in [-0.15, -0.1) is 0 Å². The van der Waals surface area contributed by atoms with E-state index in [1.807, 2.05) is 0 Å². The molecule has 1 aliphatic heterocycles. The van der Waals surface area contributed by atoms with Crippen molar-refractivity contribution >= 4 is 11.7 Å². The van der Waals surface area contributed by atoms with Crippen molar-refractivity contribution in [2.75, 3.05) is 11.4 Å². The standard InChI is InChI=1S/C9H13N3O2/c13-9(14)4-7-2-1-3-12(7)8-5-10-11-6-8/h5-7H,1-4H2,(H,10,11)(H,13,14). The highest BCUT2D eigenvalue weighted by Gasteiger charge is 2.26. The Hall–Kier alpha value is -1.52. The average Bonchev–Trinajstić information content (AvgIpc) is 2.70. The number of aromatic amines is 1. The van der Waals surface area contributed by atoms with Crippen LogP contribution in [0.15, 0.2) is 12.4 Å². The van der Waals surface area contributed by atoms with Gasteiger partial charge in [0.2, 0.25) is 0 Å². The Labute approximate surface area is 81.7 Å². The maximum Gasteiger partial charge on any atom is 0.305 e. The van der Waals surface area contributed by atoms with Crippen LogP contribution in [0.2, 0.25) is 0 Å². The van der Waals surface area contributed by atoms with E-state index < -0.39 is 5.97 Å². The van der Waals surface area contributed by atoms with Crippen molar-refractivity contribution < 1.29 is 9.90 Å². The molecule has 2 heterocycles. The van der Waals surface area contributed by atoms with Gasteiger partial charge < -0.3 is 10.0 Å². The first-order chi connectivity index (χ1) is 6.77. The smallest absolute Gasteiger partial charge is 0.305 e. The van der Waals surface area contributed by atoms with Crippen LogP contribution in [0.5, 0.6) is 0 Å². The van der Waals surface area contributed by atoms with E-state index in [2.05, 4.69) is 15.1 Å². The monoisotopic (exact) mass is 195 g/mol. The normalized spacial score (nSPS) is 21.4. The average molecular weight is 195 g/mol. The fourth-order valence-electron chi connectivity index (χ4n) is 1.99. The Morgan fingerprint density at radius 1 is 1.79 bits per heavy atom. The second kappa shape index (κ2) is 3.69. The molecule has 1 aromatic heterocycles. The molecule has 0 spiro atoms. The molecule has 0 amide bonds. The number of carboxylic acid groups (broad SMARTS) is 1. The number of hydrogen-bond acceptors (Lipinski definition) is 3. The van der Waals surface area contributed by atoms with Crippen LogP contribution in [0, 0.1) is 0 Å². The van der Waals surface area contributed by atoms with Crippen molar-refractivity contribution in [3.05, 3.63) is 12.4 Å². The summed E-state index contributed by atoms with van der Waals surface area (Å²) in [6.45, 7) is 0.928. The maximum absolute atomic E-state index is 10.6. The topological polar surface area (TPSA) is 69.2 Å². The summed E-state index contributed by atoms with van der Waals surface area (Å²) < 4.78 is 0. The number of nitrogens with zero attached hydrogens (tertiary/aromatic N) is 2. The van der Waals surface area contributed by atoms with Crippen LogP contribution >= 0.6 is 0 Å². The number of carboxylic acids is 1. The predicted molar refractivity (Wildman–Crippen MR) is 51.2 cm³/mol. The second-order valence-corrected chi connectivity index (χ2v) is 3.54. The van der Waals surface area contributed by atoms with Gasteiger partial charge in [-0.2, -0.15) is 5.10 Å². The molecule has 1 unspecified atom stereocenters. The number of aromatic nitrogens is 2.